The number of hydrogen-bond acceptors (Lipinski definition) is 3. The van der Waals surface area contributed by atoms with E-state index in [0.29, 0.717) is 11.4 Å². The number of hydrogen-bond donors (Lipinski definition) is 0. The van der Waals surface area contributed by atoms with E-state index in [9.17, 15) is 4.79 Å². The molecule has 0 saturated heterocycles. The van der Waals surface area contributed by atoms with Crippen LogP contribution in [0.25, 0.3) is 11.4 Å². The molecule has 3 aromatic rings. The van der Waals surface area contributed by atoms with E-state index in [-0.39, 0.29) is 5.69 Å². The van der Waals surface area contributed by atoms with Crippen molar-refractivity contribution in [2.24, 2.45) is 0 Å². The minimum absolute atomic E-state index is 0.307. The Kier molecular flexibility index (Phi) is 3.00. The Balaban J connectivity index is 2.15. The van der Waals surface area contributed by atoms with Gasteiger partial charge in [0.25, 0.3) is 0 Å². The van der Waals surface area contributed by atoms with Crippen LogP contribution in [0.2, 0.25) is 0 Å². The minimum Gasteiger partial charge on any atom is -0.243 e. The minimum atomic E-state index is -0.307. The second kappa shape index (κ2) is 4.81. The molecule has 0 N–H and O–H groups in total. The maximum Gasteiger partial charge on any atom is 0.373 e. The summed E-state index contributed by atoms with van der Waals surface area (Å²) in [6.07, 6.45) is 0. The Labute approximate surface area is 117 Å². The summed E-state index contributed by atoms with van der Waals surface area (Å²) in [4.78, 5) is 12.3. The van der Waals surface area contributed by atoms with Crippen LogP contribution >= 0.6 is 15.9 Å². The molecule has 3 rings (SSSR count). The fourth-order valence-corrected chi connectivity index (χ4v) is 2.20. The molecule has 0 aliphatic rings. The first-order valence-corrected chi connectivity index (χ1v) is 6.42. The third kappa shape index (κ3) is 2.10. The standard InChI is InChI=1S/C13H9BrN4O/c14-11-8-4-5-9-12(11)18-13(19)17(15-16-18)10-6-2-1-3-7-10/h1-9H. The fourth-order valence-electron chi connectivity index (χ4n) is 1.75. The highest BCUT2D eigenvalue weighted by molar-refractivity contribution is 9.10. The molecule has 0 atom stereocenters. The van der Waals surface area contributed by atoms with Gasteiger partial charge in [0.05, 0.1) is 11.4 Å². The van der Waals surface area contributed by atoms with Gasteiger partial charge < -0.3 is 0 Å². The molecule has 5 nitrogen and oxygen atoms in total. The number of rotatable bonds is 2. The highest BCUT2D eigenvalue weighted by atomic mass is 79.9. The molecular formula is C13H9BrN4O. The zero-order chi connectivity index (χ0) is 13.2. The molecule has 0 saturated carbocycles. The lowest BCUT2D eigenvalue weighted by molar-refractivity contribution is 0.754. The average molecular weight is 317 g/mol. The van der Waals surface area contributed by atoms with Crippen LogP contribution < -0.4 is 5.69 Å². The predicted octanol–water partition coefficient (Wildman–Crippen LogP) is 2.18. The summed E-state index contributed by atoms with van der Waals surface area (Å²) in [5, 5.41) is 7.81. The number of para-hydroxylation sites is 2. The van der Waals surface area contributed by atoms with Crippen LogP contribution in [-0.4, -0.2) is 19.8 Å². The van der Waals surface area contributed by atoms with Gasteiger partial charge >= 0.3 is 5.69 Å². The van der Waals surface area contributed by atoms with Gasteiger partial charge in [-0.3, -0.25) is 0 Å². The first kappa shape index (κ1) is 11.9. The van der Waals surface area contributed by atoms with Crippen molar-refractivity contribution in [2.75, 3.05) is 0 Å². The normalized spacial score (nSPS) is 10.6. The summed E-state index contributed by atoms with van der Waals surface area (Å²) in [5.41, 5.74) is 1.04. The molecule has 0 radical (unpaired) electrons. The third-order valence-electron chi connectivity index (χ3n) is 2.66. The van der Waals surface area contributed by atoms with Crippen molar-refractivity contribution in [1.82, 2.24) is 19.8 Å². The van der Waals surface area contributed by atoms with E-state index in [1.807, 2.05) is 36.4 Å². The van der Waals surface area contributed by atoms with Gasteiger partial charge in [-0.15, -0.1) is 0 Å². The van der Waals surface area contributed by atoms with Crippen molar-refractivity contribution in [3.8, 4) is 11.4 Å². The Morgan fingerprint density at radius 1 is 0.842 bits per heavy atom. The van der Waals surface area contributed by atoms with Gasteiger partial charge in [-0.1, -0.05) is 30.3 Å². The van der Waals surface area contributed by atoms with Crippen LogP contribution in [0, 0.1) is 0 Å². The summed E-state index contributed by atoms with van der Waals surface area (Å²) in [7, 11) is 0. The highest BCUT2D eigenvalue weighted by Gasteiger charge is 2.11. The van der Waals surface area contributed by atoms with E-state index in [2.05, 4.69) is 26.4 Å². The molecule has 0 aliphatic heterocycles. The molecule has 94 valence electrons. The predicted molar refractivity (Wildman–Crippen MR) is 74.7 cm³/mol. The molecule has 0 amide bonds. The monoisotopic (exact) mass is 316 g/mol. The molecule has 2 aromatic carbocycles. The maximum atomic E-state index is 12.3. The van der Waals surface area contributed by atoms with Crippen molar-refractivity contribution in [1.29, 1.82) is 0 Å². The van der Waals surface area contributed by atoms with Crippen molar-refractivity contribution >= 4 is 15.9 Å². The van der Waals surface area contributed by atoms with E-state index < -0.39 is 0 Å². The zero-order valence-electron chi connectivity index (χ0n) is 9.77. The van der Waals surface area contributed by atoms with Crippen molar-refractivity contribution in [3.05, 3.63) is 69.6 Å². The smallest absolute Gasteiger partial charge is 0.243 e. The van der Waals surface area contributed by atoms with Gasteiger partial charge in [0.15, 0.2) is 0 Å². The Bertz CT molecular complexity index is 764. The van der Waals surface area contributed by atoms with Crippen molar-refractivity contribution in [3.63, 3.8) is 0 Å². The SMILES string of the molecule is O=c1n(-c2ccccc2)nnn1-c1ccccc1Br. The molecule has 1 heterocycles. The number of aromatic nitrogens is 4. The van der Waals surface area contributed by atoms with Gasteiger partial charge in [-0.25, -0.2) is 4.79 Å². The molecule has 0 fully saturated rings. The lowest BCUT2D eigenvalue weighted by Crippen LogP contribution is -2.23. The Morgan fingerprint density at radius 3 is 2.21 bits per heavy atom. The van der Waals surface area contributed by atoms with Gasteiger partial charge in [-0.05, 0) is 50.6 Å². The lowest BCUT2D eigenvalue weighted by Gasteiger charge is -2.00. The molecule has 0 aliphatic carbocycles. The van der Waals surface area contributed by atoms with Gasteiger partial charge in [0.1, 0.15) is 0 Å². The molecule has 0 spiro atoms. The molecule has 0 bridgehead atoms. The second-order valence-electron chi connectivity index (χ2n) is 3.87. The zero-order valence-corrected chi connectivity index (χ0v) is 11.4. The van der Waals surface area contributed by atoms with Crippen molar-refractivity contribution < 1.29 is 0 Å². The highest BCUT2D eigenvalue weighted by Crippen LogP contribution is 2.17. The molecular weight excluding hydrogens is 308 g/mol. The largest absolute Gasteiger partial charge is 0.373 e. The van der Waals surface area contributed by atoms with Gasteiger partial charge in [-0.2, -0.15) is 9.36 Å². The second-order valence-corrected chi connectivity index (χ2v) is 4.73. The molecule has 0 unspecified atom stereocenters. The van der Waals surface area contributed by atoms with Crippen molar-refractivity contribution in [2.45, 2.75) is 0 Å². The summed E-state index contributed by atoms with van der Waals surface area (Å²) in [5.74, 6) is 0. The average Bonchev–Trinajstić information content (AvgIpc) is 2.82. The quantitative estimate of drug-likeness (QED) is 0.728. The topological polar surface area (TPSA) is 52.7 Å². The first-order chi connectivity index (χ1) is 9.27. The van der Waals surface area contributed by atoms with Gasteiger partial charge in [0, 0.05) is 4.47 Å². The third-order valence-corrected chi connectivity index (χ3v) is 3.33. The summed E-state index contributed by atoms with van der Waals surface area (Å²) in [6, 6.07) is 16.6. The summed E-state index contributed by atoms with van der Waals surface area (Å²) >= 11 is 3.40. The number of benzene rings is 2. The fraction of sp³-hybridized carbons (Fsp3) is 0. The van der Waals surface area contributed by atoms with Crippen LogP contribution in [0.4, 0.5) is 0 Å². The lowest BCUT2D eigenvalue weighted by atomic mass is 10.3. The van der Waals surface area contributed by atoms with Crippen LogP contribution in [0.1, 0.15) is 0 Å². The number of halogens is 1. The Morgan fingerprint density at radius 2 is 1.47 bits per heavy atom. The van der Waals surface area contributed by atoms with E-state index in [1.165, 1.54) is 9.36 Å². The van der Waals surface area contributed by atoms with Crippen LogP contribution in [0.15, 0.2) is 63.9 Å². The van der Waals surface area contributed by atoms with E-state index in [1.54, 1.807) is 18.2 Å². The first-order valence-electron chi connectivity index (χ1n) is 5.63. The molecule has 6 heteroatoms. The maximum absolute atomic E-state index is 12.3. The van der Waals surface area contributed by atoms with E-state index >= 15 is 0 Å². The van der Waals surface area contributed by atoms with Crippen LogP contribution in [0.5, 0.6) is 0 Å². The summed E-state index contributed by atoms with van der Waals surface area (Å²) in [6.45, 7) is 0. The number of nitrogens with zero attached hydrogens (tertiary/aromatic N) is 4. The van der Waals surface area contributed by atoms with E-state index in [0.717, 1.165) is 4.47 Å². The van der Waals surface area contributed by atoms with Crippen LogP contribution in [0.3, 0.4) is 0 Å². The Hall–Kier alpha value is -2.21. The molecule has 19 heavy (non-hydrogen) atoms. The van der Waals surface area contributed by atoms with Gasteiger partial charge in [0.2, 0.25) is 0 Å². The van der Waals surface area contributed by atoms with E-state index in [4.69, 9.17) is 0 Å². The molecule has 1 aromatic heterocycles. The number of tetrazole rings is 1. The van der Waals surface area contributed by atoms with Crippen LogP contribution in [-0.2, 0) is 0 Å². The summed E-state index contributed by atoms with van der Waals surface area (Å²) < 4.78 is 3.31.